The van der Waals surface area contributed by atoms with E-state index in [1.807, 2.05) is 6.07 Å². The van der Waals surface area contributed by atoms with Gasteiger partial charge in [0.15, 0.2) is 0 Å². The summed E-state index contributed by atoms with van der Waals surface area (Å²) in [5.41, 5.74) is 8.41. The highest BCUT2D eigenvalue weighted by Gasteiger charge is 2.23. The molecule has 3 N–H and O–H groups in total. The average molecular weight is 263 g/mol. The summed E-state index contributed by atoms with van der Waals surface area (Å²) in [7, 11) is 0. The van der Waals surface area contributed by atoms with E-state index < -0.39 is 0 Å². The van der Waals surface area contributed by atoms with Crippen molar-refractivity contribution in [2.45, 2.75) is 51.7 Å². The number of rotatable bonds is 5. The summed E-state index contributed by atoms with van der Waals surface area (Å²) in [6.45, 7) is 6.03. The molecule has 1 fully saturated rings. The summed E-state index contributed by atoms with van der Waals surface area (Å²) in [6.07, 6.45) is 6.71. The van der Waals surface area contributed by atoms with E-state index >= 15 is 0 Å². The highest BCUT2D eigenvalue weighted by Crippen LogP contribution is 2.29. The molecule has 2 heterocycles. The first-order valence-electron chi connectivity index (χ1n) is 7.28. The normalized spacial score (nSPS) is 21.3. The summed E-state index contributed by atoms with van der Waals surface area (Å²) in [5, 5.41) is 3.53. The van der Waals surface area contributed by atoms with Gasteiger partial charge in [0.1, 0.15) is 5.82 Å². The zero-order valence-corrected chi connectivity index (χ0v) is 12.0. The molecule has 1 aromatic rings. The van der Waals surface area contributed by atoms with Crippen LogP contribution in [0, 0.1) is 6.92 Å². The van der Waals surface area contributed by atoms with Crippen molar-refractivity contribution in [1.82, 2.24) is 10.3 Å². The fraction of sp³-hybridized carbons (Fsp3) is 0.667. The Hall–Kier alpha value is -1.13. The Morgan fingerprint density at radius 1 is 1.53 bits per heavy atom. The fourth-order valence-electron chi connectivity index (χ4n) is 2.85. The molecule has 2 atom stereocenters. The Labute approximate surface area is 115 Å². The third kappa shape index (κ3) is 3.67. The van der Waals surface area contributed by atoms with Gasteiger partial charge in [0.2, 0.25) is 0 Å². The molecule has 0 radical (unpaired) electrons. The van der Waals surface area contributed by atoms with Crippen LogP contribution in [0.4, 0.5) is 5.82 Å². The first-order valence-corrected chi connectivity index (χ1v) is 7.28. The van der Waals surface area contributed by atoms with E-state index in [0.29, 0.717) is 11.9 Å². The monoisotopic (exact) mass is 263 g/mol. The second-order valence-electron chi connectivity index (χ2n) is 5.26. The number of hydrogen-bond acceptors (Lipinski definition) is 4. The largest absolute Gasteiger partial charge is 0.383 e. The van der Waals surface area contributed by atoms with Crippen molar-refractivity contribution in [3.63, 3.8) is 0 Å². The van der Waals surface area contributed by atoms with Crippen LogP contribution in [0.25, 0.3) is 0 Å². The van der Waals surface area contributed by atoms with Gasteiger partial charge < -0.3 is 15.8 Å². The van der Waals surface area contributed by atoms with Crippen LogP contribution < -0.4 is 11.1 Å². The number of ether oxygens (including phenoxy) is 1. The molecule has 0 aromatic carbocycles. The molecule has 1 aliphatic rings. The maximum atomic E-state index is 6.07. The molecule has 1 saturated heterocycles. The third-order valence-corrected chi connectivity index (χ3v) is 3.81. The van der Waals surface area contributed by atoms with Gasteiger partial charge in [-0.15, -0.1) is 0 Å². The summed E-state index contributed by atoms with van der Waals surface area (Å²) in [5.74, 6) is 0.641. The van der Waals surface area contributed by atoms with Gasteiger partial charge in [0, 0.05) is 24.4 Å². The van der Waals surface area contributed by atoms with Crippen molar-refractivity contribution in [3.8, 4) is 0 Å². The molecule has 0 amide bonds. The number of nitrogens with zero attached hydrogens (tertiary/aromatic N) is 1. The maximum Gasteiger partial charge on any atom is 0.128 e. The first-order chi connectivity index (χ1) is 9.22. The SMILES string of the molecule is CCNC(CC1CCCCO1)c1c(C)ccnc1N. The van der Waals surface area contributed by atoms with E-state index in [4.69, 9.17) is 10.5 Å². The van der Waals surface area contributed by atoms with Crippen LogP contribution >= 0.6 is 0 Å². The standard InChI is InChI=1S/C15H25N3O/c1-3-17-13(10-12-6-4-5-9-19-12)14-11(2)7-8-18-15(14)16/h7-8,12-13,17H,3-6,9-10H2,1-2H3,(H2,16,18). The van der Waals surface area contributed by atoms with E-state index in [2.05, 4.69) is 24.1 Å². The molecule has 2 rings (SSSR count). The minimum Gasteiger partial charge on any atom is -0.383 e. The molecule has 0 saturated carbocycles. The van der Waals surface area contributed by atoms with Gasteiger partial charge >= 0.3 is 0 Å². The molecule has 0 aliphatic carbocycles. The van der Waals surface area contributed by atoms with Crippen LogP contribution in [0.1, 0.15) is 49.8 Å². The number of pyridine rings is 1. The number of hydrogen-bond donors (Lipinski definition) is 2. The lowest BCUT2D eigenvalue weighted by atomic mass is 9.94. The number of nitrogens with two attached hydrogens (primary N) is 1. The Kier molecular flexibility index (Phi) is 5.16. The smallest absolute Gasteiger partial charge is 0.128 e. The second-order valence-corrected chi connectivity index (χ2v) is 5.26. The lowest BCUT2D eigenvalue weighted by molar-refractivity contribution is 0.00514. The highest BCUT2D eigenvalue weighted by atomic mass is 16.5. The van der Waals surface area contributed by atoms with Crippen LogP contribution in [0.2, 0.25) is 0 Å². The Morgan fingerprint density at radius 2 is 2.37 bits per heavy atom. The Bertz CT molecular complexity index is 382. The van der Waals surface area contributed by atoms with Gasteiger partial charge in [0.05, 0.1) is 6.10 Å². The topological polar surface area (TPSA) is 60.2 Å². The van der Waals surface area contributed by atoms with Gasteiger partial charge in [-0.3, -0.25) is 0 Å². The molecule has 2 unspecified atom stereocenters. The Balaban J connectivity index is 2.14. The van der Waals surface area contributed by atoms with Crippen molar-refractivity contribution in [3.05, 3.63) is 23.4 Å². The summed E-state index contributed by atoms with van der Waals surface area (Å²) in [6, 6.07) is 2.26. The van der Waals surface area contributed by atoms with Crippen LogP contribution in [0.15, 0.2) is 12.3 Å². The zero-order valence-electron chi connectivity index (χ0n) is 12.0. The number of aryl methyl sites for hydroxylation is 1. The lowest BCUT2D eigenvalue weighted by Gasteiger charge is -2.28. The summed E-state index contributed by atoms with van der Waals surface area (Å²) >= 11 is 0. The molecule has 1 aliphatic heterocycles. The van der Waals surface area contributed by atoms with Crippen LogP contribution in [-0.2, 0) is 4.74 Å². The summed E-state index contributed by atoms with van der Waals surface area (Å²) < 4.78 is 5.85. The molecule has 1 aromatic heterocycles. The molecule has 4 nitrogen and oxygen atoms in total. The zero-order chi connectivity index (χ0) is 13.7. The van der Waals surface area contributed by atoms with Crippen molar-refractivity contribution in [2.75, 3.05) is 18.9 Å². The van der Waals surface area contributed by atoms with Crippen LogP contribution in [-0.4, -0.2) is 24.2 Å². The van der Waals surface area contributed by atoms with Gasteiger partial charge in [-0.05, 0) is 50.8 Å². The van der Waals surface area contributed by atoms with E-state index in [-0.39, 0.29) is 6.04 Å². The molecular weight excluding hydrogens is 238 g/mol. The van der Waals surface area contributed by atoms with E-state index in [1.54, 1.807) is 6.20 Å². The van der Waals surface area contributed by atoms with Crippen molar-refractivity contribution in [1.29, 1.82) is 0 Å². The van der Waals surface area contributed by atoms with Gasteiger partial charge in [0.25, 0.3) is 0 Å². The van der Waals surface area contributed by atoms with Crippen molar-refractivity contribution >= 4 is 5.82 Å². The van der Waals surface area contributed by atoms with Crippen LogP contribution in [0.3, 0.4) is 0 Å². The van der Waals surface area contributed by atoms with E-state index in [1.165, 1.54) is 18.4 Å². The molecule has 106 valence electrons. The van der Waals surface area contributed by atoms with Gasteiger partial charge in [-0.2, -0.15) is 0 Å². The van der Waals surface area contributed by atoms with Crippen LogP contribution in [0.5, 0.6) is 0 Å². The van der Waals surface area contributed by atoms with E-state index in [9.17, 15) is 0 Å². The second kappa shape index (κ2) is 6.87. The number of nitrogen functional groups attached to an aromatic ring is 1. The predicted octanol–water partition coefficient (Wildman–Crippen LogP) is 2.58. The van der Waals surface area contributed by atoms with E-state index in [0.717, 1.165) is 31.6 Å². The van der Waals surface area contributed by atoms with Crippen molar-refractivity contribution in [2.24, 2.45) is 0 Å². The first kappa shape index (κ1) is 14.3. The predicted molar refractivity (Wildman–Crippen MR) is 78.0 cm³/mol. The minimum absolute atomic E-state index is 0.238. The third-order valence-electron chi connectivity index (χ3n) is 3.81. The molecule has 0 spiro atoms. The summed E-state index contributed by atoms with van der Waals surface area (Å²) in [4.78, 5) is 4.23. The fourth-order valence-corrected chi connectivity index (χ4v) is 2.85. The molecule has 4 heteroatoms. The minimum atomic E-state index is 0.238. The Morgan fingerprint density at radius 3 is 3.00 bits per heavy atom. The highest BCUT2D eigenvalue weighted by molar-refractivity contribution is 5.46. The molecular formula is C15H25N3O. The quantitative estimate of drug-likeness (QED) is 0.857. The maximum absolute atomic E-state index is 6.07. The van der Waals surface area contributed by atoms with Gasteiger partial charge in [-0.1, -0.05) is 6.92 Å². The number of aromatic nitrogens is 1. The lowest BCUT2D eigenvalue weighted by Crippen LogP contribution is -2.30. The number of anilines is 1. The van der Waals surface area contributed by atoms with Gasteiger partial charge in [-0.25, -0.2) is 4.98 Å². The molecule has 0 bridgehead atoms. The number of nitrogens with one attached hydrogen (secondary N) is 1. The average Bonchev–Trinajstić information content (AvgIpc) is 2.40. The molecule has 19 heavy (non-hydrogen) atoms. The van der Waals surface area contributed by atoms with Crippen molar-refractivity contribution < 1.29 is 4.74 Å².